The fourth-order valence-corrected chi connectivity index (χ4v) is 3.54. The van der Waals surface area contributed by atoms with E-state index in [4.69, 9.17) is 5.73 Å². The second-order valence-corrected chi connectivity index (χ2v) is 7.30. The summed E-state index contributed by atoms with van der Waals surface area (Å²) in [5.41, 5.74) is 9.71. The van der Waals surface area contributed by atoms with Crippen molar-refractivity contribution in [2.24, 2.45) is 11.1 Å². The van der Waals surface area contributed by atoms with Gasteiger partial charge in [-0.05, 0) is 50.2 Å². The van der Waals surface area contributed by atoms with Gasteiger partial charge in [-0.2, -0.15) is 0 Å². The number of hydrogen-bond acceptors (Lipinski definition) is 1. The molecule has 0 fully saturated rings. The molecular weight excluding hydrogens is 220 g/mol. The average Bonchev–Trinajstić information content (AvgIpc) is 2.59. The Kier molecular flexibility index (Phi) is 3.35. The van der Waals surface area contributed by atoms with E-state index in [2.05, 4.69) is 51.4 Å². The molecule has 0 radical (unpaired) electrons. The highest BCUT2D eigenvalue weighted by Crippen LogP contribution is 2.41. The summed E-state index contributed by atoms with van der Waals surface area (Å²) in [7, 11) is 0. The Bertz CT molecular complexity index is 426. The van der Waals surface area contributed by atoms with E-state index in [1.807, 2.05) is 0 Å². The highest BCUT2D eigenvalue weighted by Gasteiger charge is 2.34. The Morgan fingerprint density at radius 3 is 2.72 bits per heavy atom. The molecule has 1 aliphatic rings. The monoisotopic (exact) mass is 248 g/mol. The van der Waals surface area contributed by atoms with E-state index in [9.17, 15) is 0 Å². The maximum absolute atomic E-state index is 6.34. The van der Waals surface area contributed by atoms with Gasteiger partial charge in [0.2, 0.25) is 0 Å². The van der Waals surface area contributed by atoms with Crippen LogP contribution in [0.5, 0.6) is 0 Å². The first-order valence-electron chi connectivity index (χ1n) is 7.23. The minimum absolute atomic E-state index is 0.204. The molecule has 0 amide bonds. The third-order valence-corrected chi connectivity index (χ3v) is 4.36. The van der Waals surface area contributed by atoms with Crippen LogP contribution in [0.1, 0.15) is 71.2 Å². The molecule has 102 valence electrons. The molecule has 0 spiro atoms. The minimum atomic E-state index is 0.204. The third-order valence-electron chi connectivity index (χ3n) is 4.36. The Morgan fingerprint density at radius 2 is 2.11 bits per heavy atom. The van der Waals surface area contributed by atoms with Crippen molar-refractivity contribution in [2.45, 2.75) is 71.9 Å². The van der Waals surface area contributed by atoms with Gasteiger partial charge in [-0.1, -0.05) is 27.2 Å². The van der Waals surface area contributed by atoms with Gasteiger partial charge in [-0.3, -0.25) is 0 Å². The average molecular weight is 248 g/mol. The van der Waals surface area contributed by atoms with Gasteiger partial charge in [0.05, 0.1) is 0 Å². The zero-order chi connectivity index (χ0) is 13.6. The van der Waals surface area contributed by atoms with Crippen LogP contribution in [-0.4, -0.2) is 4.57 Å². The van der Waals surface area contributed by atoms with Crippen molar-refractivity contribution in [2.75, 3.05) is 0 Å². The minimum Gasteiger partial charge on any atom is -0.346 e. The van der Waals surface area contributed by atoms with Crippen LogP contribution in [0, 0.1) is 5.41 Å². The molecule has 0 aliphatic heterocycles. The number of rotatable bonds is 3. The standard InChI is InChI=1S/C16H28N2/c1-6-8-16(4,5)18-9-7-12-13(17)10-15(2,3)11-14(12)18/h7,9,13H,6,8,10-11,17H2,1-5H3. The molecule has 18 heavy (non-hydrogen) atoms. The molecule has 0 aromatic carbocycles. The summed E-state index contributed by atoms with van der Waals surface area (Å²) in [6, 6.07) is 2.45. The normalized spacial score (nSPS) is 22.9. The van der Waals surface area contributed by atoms with Gasteiger partial charge in [0.15, 0.2) is 0 Å². The molecule has 0 bridgehead atoms. The summed E-state index contributed by atoms with van der Waals surface area (Å²) in [4.78, 5) is 0. The van der Waals surface area contributed by atoms with E-state index in [-0.39, 0.29) is 11.6 Å². The maximum Gasteiger partial charge on any atom is 0.0386 e. The third kappa shape index (κ3) is 2.35. The van der Waals surface area contributed by atoms with Crippen molar-refractivity contribution in [3.05, 3.63) is 23.5 Å². The van der Waals surface area contributed by atoms with Crippen LogP contribution in [0.2, 0.25) is 0 Å². The Labute approximate surface area is 112 Å². The van der Waals surface area contributed by atoms with E-state index in [1.165, 1.54) is 24.1 Å². The highest BCUT2D eigenvalue weighted by molar-refractivity contribution is 5.31. The number of fused-ring (bicyclic) bond motifs is 1. The second kappa shape index (κ2) is 4.41. The van der Waals surface area contributed by atoms with Crippen LogP contribution in [0.3, 0.4) is 0 Å². The lowest BCUT2D eigenvalue weighted by atomic mass is 9.74. The molecule has 1 aromatic rings. The molecule has 1 aromatic heterocycles. The lowest BCUT2D eigenvalue weighted by Crippen LogP contribution is -2.34. The first-order chi connectivity index (χ1) is 8.27. The van der Waals surface area contributed by atoms with Crippen LogP contribution in [-0.2, 0) is 12.0 Å². The Morgan fingerprint density at radius 1 is 1.44 bits per heavy atom. The fraction of sp³-hybridized carbons (Fsp3) is 0.750. The molecule has 1 atom stereocenters. The highest BCUT2D eigenvalue weighted by atomic mass is 15.1. The summed E-state index contributed by atoms with van der Waals surface area (Å²) < 4.78 is 2.48. The summed E-state index contributed by atoms with van der Waals surface area (Å²) in [5, 5.41) is 0. The van der Waals surface area contributed by atoms with E-state index in [0.717, 1.165) is 12.8 Å². The van der Waals surface area contributed by atoms with Crippen LogP contribution >= 0.6 is 0 Å². The summed E-state index contributed by atoms with van der Waals surface area (Å²) in [6.45, 7) is 11.6. The predicted molar refractivity (Wildman–Crippen MR) is 77.7 cm³/mol. The van der Waals surface area contributed by atoms with Crippen LogP contribution in [0.25, 0.3) is 0 Å². The SMILES string of the molecule is CCCC(C)(C)n1ccc2c1CC(C)(C)CC2N. The molecule has 0 saturated carbocycles. The van der Waals surface area contributed by atoms with Gasteiger partial charge >= 0.3 is 0 Å². The van der Waals surface area contributed by atoms with Gasteiger partial charge in [0.1, 0.15) is 0 Å². The number of nitrogens with zero attached hydrogens (tertiary/aromatic N) is 1. The first kappa shape index (κ1) is 13.7. The summed E-state index contributed by atoms with van der Waals surface area (Å²) in [6.07, 6.45) is 6.93. The predicted octanol–water partition coefficient (Wildman–Crippen LogP) is 4.00. The van der Waals surface area contributed by atoms with Crippen molar-refractivity contribution in [1.29, 1.82) is 0 Å². The zero-order valence-electron chi connectivity index (χ0n) is 12.6. The smallest absolute Gasteiger partial charge is 0.0386 e. The van der Waals surface area contributed by atoms with Crippen LogP contribution in [0.4, 0.5) is 0 Å². The lowest BCUT2D eigenvalue weighted by Gasteiger charge is -2.38. The molecule has 1 unspecified atom stereocenters. The molecule has 1 aliphatic carbocycles. The van der Waals surface area contributed by atoms with Crippen molar-refractivity contribution in [1.82, 2.24) is 4.57 Å². The number of aromatic nitrogens is 1. The van der Waals surface area contributed by atoms with E-state index >= 15 is 0 Å². The largest absolute Gasteiger partial charge is 0.346 e. The quantitative estimate of drug-likeness (QED) is 0.861. The topological polar surface area (TPSA) is 30.9 Å². The zero-order valence-corrected chi connectivity index (χ0v) is 12.6. The van der Waals surface area contributed by atoms with Gasteiger partial charge < -0.3 is 10.3 Å². The van der Waals surface area contributed by atoms with E-state index < -0.39 is 0 Å². The van der Waals surface area contributed by atoms with Crippen molar-refractivity contribution < 1.29 is 0 Å². The molecular formula is C16H28N2. The summed E-state index contributed by atoms with van der Waals surface area (Å²) >= 11 is 0. The van der Waals surface area contributed by atoms with Gasteiger partial charge in [-0.25, -0.2) is 0 Å². The van der Waals surface area contributed by atoms with E-state index in [1.54, 1.807) is 0 Å². The molecule has 2 rings (SSSR count). The molecule has 0 saturated heterocycles. The summed E-state index contributed by atoms with van der Waals surface area (Å²) in [5.74, 6) is 0. The second-order valence-electron chi connectivity index (χ2n) is 7.30. The van der Waals surface area contributed by atoms with Crippen molar-refractivity contribution in [3.63, 3.8) is 0 Å². The van der Waals surface area contributed by atoms with Crippen molar-refractivity contribution in [3.8, 4) is 0 Å². The van der Waals surface area contributed by atoms with Gasteiger partial charge in [0.25, 0.3) is 0 Å². The first-order valence-corrected chi connectivity index (χ1v) is 7.23. The number of hydrogen-bond donors (Lipinski definition) is 1. The molecule has 1 heterocycles. The van der Waals surface area contributed by atoms with Gasteiger partial charge in [0, 0.05) is 23.5 Å². The van der Waals surface area contributed by atoms with Gasteiger partial charge in [-0.15, -0.1) is 0 Å². The number of nitrogens with two attached hydrogens (primary N) is 1. The van der Waals surface area contributed by atoms with Crippen LogP contribution < -0.4 is 5.73 Å². The molecule has 2 heteroatoms. The molecule has 2 nitrogen and oxygen atoms in total. The van der Waals surface area contributed by atoms with Crippen LogP contribution in [0.15, 0.2) is 12.3 Å². The lowest BCUT2D eigenvalue weighted by molar-refractivity contribution is 0.251. The Hall–Kier alpha value is -0.760. The Balaban J connectivity index is 2.42. The van der Waals surface area contributed by atoms with Crippen molar-refractivity contribution >= 4 is 0 Å². The van der Waals surface area contributed by atoms with E-state index in [0.29, 0.717) is 5.41 Å². The fourth-order valence-electron chi connectivity index (χ4n) is 3.54. The maximum atomic E-state index is 6.34. The molecule has 2 N–H and O–H groups in total.